The van der Waals surface area contributed by atoms with Crippen molar-refractivity contribution in [2.45, 2.75) is 26.8 Å². The number of benzene rings is 1. The van der Waals surface area contributed by atoms with Crippen molar-refractivity contribution in [2.24, 2.45) is 0 Å². The summed E-state index contributed by atoms with van der Waals surface area (Å²) in [5.74, 6) is 0.264. The first-order valence-electron chi connectivity index (χ1n) is 6.35. The molecule has 20 heavy (non-hydrogen) atoms. The summed E-state index contributed by atoms with van der Waals surface area (Å²) in [6, 6.07) is 5.81. The summed E-state index contributed by atoms with van der Waals surface area (Å²) in [4.78, 5) is 11.8. The first-order chi connectivity index (χ1) is 9.56. The lowest BCUT2D eigenvalue weighted by molar-refractivity contribution is -0.117. The van der Waals surface area contributed by atoms with Crippen LogP contribution in [0.5, 0.6) is 0 Å². The minimum atomic E-state index is -0.287. The van der Waals surface area contributed by atoms with E-state index in [1.54, 1.807) is 13.0 Å². The maximum atomic E-state index is 11.8. The average molecular weight is 271 g/mol. The lowest BCUT2D eigenvalue weighted by Crippen LogP contribution is -2.25. The van der Waals surface area contributed by atoms with Gasteiger partial charge in [-0.05, 0) is 38.0 Å². The second kappa shape index (κ2) is 6.10. The fourth-order valence-electron chi connectivity index (χ4n) is 1.86. The number of H-pyrrole nitrogens is 1. The molecule has 0 saturated heterocycles. The van der Waals surface area contributed by atoms with Gasteiger partial charge in [0.15, 0.2) is 5.82 Å². The summed E-state index contributed by atoms with van der Waals surface area (Å²) in [5.41, 5.74) is 3.37. The summed E-state index contributed by atoms with van der Waals surface area (Å²) in [6.45, 7) is 5.86. The van der Waals surface area contributed by atoms with Gasteiger partial charge in [0.1, 0.15) is 0 Å². The van der Waals surface area contributed by atoms with Gasteiger partial charge in [-0.2, -0.15) is 5.21 Å². The largest absolute Gasteiger partial charge is 0.343 e. The Hall–Kier alpha value is -2.50. The summed E-state index contributed by atoms with van der Waals surface area (Å²) in [6.07, 6.45) is 3.31. The maximum absolute atomic E-state index is 11.8. The van der Waals surface area contributed by atoms with E-state index < -0.39 is 0 Å². The smallest absolute Gasteiger partial charge is 0.244 e. The SMILES string of the molecule is Cc1ccc(C=CC(=O)NC(C)c2nn[nH]n2)c(C)c1. The van der Waals surface area contributed by atoms with Crippen LogP contribution in [0.3, 0.4) is 0 Å². The molecule has 0 aliphatic rings. The predicted octanol–water partition coefficient (Wildman–Crippen LogP) is 1.71. The van der Waals surface area contributed by atoms with Gasteiger partial charge in [-0.25, -0.2) is 0 Å². The molecule has 1 unspecified atom stereocenters. The van der Waals surface area contributed by atoms with Crippen molar-refractivity contribution in [1.29, 1.82) is 0 Å². The van der Waals surface area contributed by atoms with Gasteiger partial charge in [0, 0.05) is 6.08 Å². The molecule has 0 aliphatic carbocycles. The van der Waals surface area contributed by atoms with E-state index >= 15 is 0 Å². The number of rotatable bonds is 4. The van der Waals surface area contributed by atoms with Crippen molar-refractivity contribution >= 4 is 12.0 Å². The molecular weight excluding hydrogens is 254 g/mol. The Kier molecular flexibility index (Phi) is 4.24. The Balaban J connectivity index is 1.99. The van der Waals surface area contributed by atoms with E-state index in [-0.39, 0.29) is 11.9 Å². The summed E-state index contributed by atoms with van der Waals surface area (Å²) >= 11 is 0. The normalized spacial score (nSPS) is 12.6. The third kappa shape index (κ3) is 3.50. The van der Waals surface area contributed by atoms with Gasteiger partial charge < -0.3 is 5.32 Å². The predicted molar refractivity (Wildman–Crippen MR) is 75.7 cm³/mol. The highest BCUT2D eigenvalue weighted by molar-refractivity contribution is 5.92. The van der Waals surface area contributed by atoms with Crippen LogP contribution in [0.4, 0.5) is 0 Å². The zero-order valence-corrected chi connectivity index (χ0v) is 11.7. The Morgan fingerprint density at radius 1 is 1.40 bits per heavy atom. The number of amides is 1. The zero-order valence-electron chi connectivity index (χ0n) is 11.7. The van der Waals surface area contributed by atoms with Gasteiger partial charge in [0.2, 0.25) is 5.91 Å². The van der Waals surface area contributed by atoms with Crippen molar-refractivity contribution in [3.05, 3.63) is 46.8 Å². The third-order valence-electron chi connectivity index (χ3n) is 2.95. The summed E-state index contributed by atoms with van der Waals surface area (Å²) < 4.78 is 0. The van der Waals surface area contributed by atoms with Crippen LogP contribution in [-0.4, -0.2) is 26.5 Å². The molecule has 1 heterocycles. The second-order valence-electron chi connectivity index (χ2n) is 4.69. The van der Waals surface area contributed by atoms with Crippen LogP contribution < -0.4 is 5.32 Å². The van der Waals surface area contributed by atoms with Gasteiger partial charge in [-0.15, -0.1) is 10.2 Å². The first-order valence-corrected chi connectivity index (χ1v) is 6.35. The molecule has 0 radical (unpaired) electrons. The number of nitrogens with one attached hydrogen (secondary N) is 2. The van der Waals surface area contributed by atoms with E-state index in [0.717, 1.165) is 11.1 Å². The molecule has 1 amide bonds. The van der Waals surface area contributed by atoms with Gasteiger partial charge in [0.05, 0.1) is 6.04 Å². The Morgan fingerprint density at radius 2 is 2.20 bits per heavy atom. The fourth-order valence-corrected chi connectivity index (χ4v) is 1.86. The van der Waals surface area contributed by atoms with E-state index in [9.17, 15) is 4.79 Å². The van der Waals surface area contributed by atoms with E-state index in [2.05, 4.69) is 32.0 Å². The van der Waals surface area contributed by atoms with E-state index in [0.29, 0.717) is 5.82 Å². The van der Waals surface area contributed by atoms with Crippen molar-refractivity contribution in [3.63, 3.8) is 0 Å². The maximum Gasteiger partial charge on any atom is 0.244 e. The number of tetrazole rings is 1. The van der Waals surface area contributed by atoms with Crippen LogP contribution in [0.25, 0.3) is 6.08 Å². The van der Waals surface area contributed by atoms with Crippen molar-refractivity contribution in [1.82, 2.24) is 25.9 Å². The highest BCUT2D eigenvalue weighted by atomic mass is 16.1. The monoisotopic (exact) mass is 271 g/mol. The number of carbonyl (C=O) groups excluding carboxylic acids is 1. The molecule has 0 fully saturated rings. The average Bonchev–Trinajstić information content (AvgIpc) is 2.91. The lowest BCUT2D eigenvalue weighted by atomic mass is 10.1. The Bertz CT molecular complexity index is 618. The summed E-state index contributed by atoms with van der Waals surface area (Å²) in [7, 11) is 0. The van der Waals surface area contributed by atoms with Crippen molar-refractivity contribution < 1.29 is 4.79 Å². The number of aromatic nitrogens is 4. The minimum absolute atomic E-state index is 0.192. The van der Waals surface area contributed by atoms with E-state index in [1.807, 2.05) is 26.0 Å². The molecule has 6 nitrogen and oxygen atoms in total. The van der Waals surface area contributed by atoms with Crippen LogP contribution in [-0.2, 0) is 4.79 Å². The second-order valence-corrected chi connectivity index (χ2v) is 4.69. The standard InChI is InChI=1S/C14H17N5O/c1-9-4-5-12(10(2)8-9)6-7-13(20)15-11(3)14-16-18-19-17-14/h4-8,11H,1-3H3,(H,15,20)(H,16,17,18,19). The number of aryl methyl sites for hydroxylation is 2. The molecule has 2 N–H and O–H groups in total. The van der Waals surface area contributed by atoms with Crippen molar-refractivity contribution in [3.8, 4) is 0 Å². The van der Waals surface area contributed by atoms with Crippen LogP contribution in [0.1, 0.15) is 35.5 Å². The molecule has 6 heteroatoms. The van der Waals surface area contributed by atoms with Crippen LogP contribution in [0.2, 0.25) is 0 Å². The lowest BCUT2D eigenvalue weighted by Gasteiger charge is -2.07. The Morgan fingerprint density at radius 3 is 2.85 bits per heavy atom. The molecule has 0 spiro atoms. The van der Waals surface area contributed by atoms with Crippen molar-refractivity contribution in [2.75, 3.05) is 0 Å². The van der Waals surface area contributed by atoms with Crippen LogP contribution >= 0.6 is 0 Å². The van der Waals surface area contributed by atoms with Gasteiger partial charge in [-0.1, -0.05) is 29.0 Å². The molecule has 104 valence electrons. The van der Waals surface area contributed by atoms with Gasteiger partial charge in [0.25, 0.3) is 0 Å². The quantitative estimate of drug-likeness (QED) is 0.829. The molecule has 2 aromatic rings. The molecule has 2 rings (SSSR count). The number of hydrogen-bond donors (Lipinski definition) is 2. The molecule has 0 saturated carbocycles. The van der Waals surface area contributed by atoms with Gasteiger partial charge >= 0.3 is 0 Å². The molecular formula is C14H17N5O. The summed E-state index contributed by atoms with van der Waals surface area (Å²) in [5, 5.41) is 16.2. The number of aromatic amines is 1. The van der Waals surface area contributed by atoms with Gasteiger partial charge in [-0.3, -0.25) is 4.79 Å². The molecule has 1 aromatic heterocycles. The van der Waals surface area contributed by atoms with Crippen LogP contribution in [0.15, 0.2) is 24.3 Å². The van der Waals surface area contributed by atoms with Crippen LogP contribution in [0, 0.1) is 13.8 Å². The van der Waals surface area contributed by atoms with E-state index in [1.165, 1.54) is 11.6 Å². The fraction of sp³-hybridized carbons (Fsp3) is 0.286. The first kappa shape index (κ1) is 13.9. The highest BCUT2D eigenvalue weighted by Crippen LogP contribution is 2.12. The van der Waals surface area contributed by atoms with E-state index in [4.69, 9.17) is 0 Å². The molecule has 1 atom stereocenters. The highest BCUT2D eigenvalue weighted by Gasteiger charge is 2.11. The number of nitrogens with zero attached hydrogens (tertiary/aromatic N) is 3. The third-order valence-corrected chi connectivity index (χ3v) is 2.95. The number of carbonyl (C=O) groups is 1. The topological polar surface area (TPSA) is 83.6 Å². The minimum Gasteiger partial charge on any atom is -0.343 e. The molecule has 1 aromatic carbocycles. The zero-order chi connectivity index (χ0) is 14.5. The molecule has 0 bridgehead atoms. The molecule has 0 aliphatic heterocycles. The number of hydrogen-bond acceptors (Lipinski definition) is 4. The Labute approximate surface area is 117 Å².